The predicted octanol–water partition coefficient (Wildman–Crippen LogP) is 5.22. The highest BCUT2D eigenvalue weighted by molar-refractivity contribution is 6.12. The van der Waals surface area contributed by atoms with Gasteiger partial charge in [0.2, 0.25) is 0 Å². The molecule has 2 aromatic carbocycles. The van der Waals surface area contributed by atoms with E-state index in [1.165, 1.54) is 0 Å². The second kappa shape index (κ2) is 12.1. The van der Waals surface area contributed by atoms with E-state index in [1.54, 1.807) is 12.4 Å². The van der Waals surface area contributed by atoms with Crippen molar-refractivity contribution in [3.63, 3.8) is 0 Å². The lowest BCUT2D eigenvalue weighted by molar-refractivity contribution is -0.124. The molecule has 5 aromatic rings. The van der Waals surface area contributed by atoms with E-state index >= 15 is 4.39 Å². The molecule has 1 spiro atoms. The summed E-state index contributed by atoms with van der Waals surface area (Å²) in [5, 5.41) is 13.0. The van der Waals surface area contributed by atoms with Crippen molar-refractivity contribution in [1.82, 2.24) is 40.3 Å². The van der Waals surface area contributed by atoms with Crippen molar-refractivity contribution in [3.05, 3.63) is 48.5 Å². The maximum atomic E-state index is 17.5. The van der Waals surface area contributed by atoms with Gasteiger partial charge in [-0.1, -0.05) is 24.3 Å². The first-order chi connectivity index (χ1) is 25.4. The van der Waals surface area contributed by atoms with Crippen molar-refractivity contribution in [2.75, 3.05) is 44.3 Å². The number of hydrogen-bond donors (Lipinski definition) is 2. The standard InChI is InChI=1S/C38H40FN9O4/c39-30-31-26(19-40-32(30)29-24-9-2-1-8-23(24)18-27-25(29)20-41-48(27)28-10-3-4-17-51-28)33(46-14-7-13-38(21-46)34(49)44-35(50)45-38)43-36(42-31)52-22-37-11-5-15-47(37)16-6-12-37/h1-2,8-9,18-20,28H,3-7,10-17,21-22H2,(H2,44,45,49,50). The highest BCUT2D eigenvalue weighted by atomic mass is 19.1. The highest BCUT2D eigenvalue weighted by Crippen LogP contribution is 2.42. The van der Waals surface area contributed by atoms with Gasteiger partial charge < -0.3 is 19.7 Å². The Hall–Kier alpha value is -4.95. The number of carbonyl (C=O) groups is 2. The molecule has 3 aromatic heterocycles. The number of ether oxygens (including phenoxy) is 2. The molecule has 14 heteroatoms. The number of anilines is 1. The first kappa shape index (κ1) is 31.8. The lowest BCUT2D eigenvalue weighted by atomic mass is 9.89. The predicted molar refractivity (Wildman–Crippen MR) is 191 cm³/mol. The number of carbonyl (C=O) groups excluding carboxylic acids is 2. The van der Waals surface area contributed by atoms with Crippen LogP contribution in [-0.2, 0) is 9.53 Å². The third kappa shape index (κ3) is 4.94. The Kier molecular flexibility index (Phi) is 7.36. The number of piperidine rings is 1. The van der Waals surface area contributed by atoms with Crippen molar-refractivity contribution in [3.8, 4) is 17.3 Å². The van der Waals surface area contributed by atoms with Gasteiger partial charge in [-0.15, -0.1) is 0 Å². The zero-order valence-corrected chi connectivity index (χ0v) is 28.9. The first-order valence-electron chi connectivity index (χ1n) is 18.6. The summed E-state index contributed by atoms with van der Waals surface area (Å²) in [5.74, 6) is -0.543. The van der Waals surface area contributed by atoms with E-state index in [9.17, 15) is 9.59 Å². The van der Waals surface area contributed by atoms with Crippen LogP contribution in [0.15, 0.2) is 42.7 Å². The molecule has 268 valence electrons. The zero-order chi connectivity index (χ0) is 35.0. The quantitative estimate of drug-likeness (QED) is 0.226. The number of benzene rings is 2. The Morgan fingerprint density at radius 3 is 2.62 bits per heavy atom. The Balaban J connectivity index is 1.13. The van der Waals surface area contributed by atoms with E-state index < -0.39 is 17.4 Å². The molecule has 5 aliphatic rings. The van der Waals surface area contributed by atoms with Crippen LogP contribution in [0.3, 0.4) is 0 Å². The van der Waals surface area contributed by atoms with Crippen LogP contribution in [0.4, 0.5) is 15.0 Å². The van der Waals surface area contributed by atoms with E-state index in [0.717, 1.165) is 79.7 Å². The molecule has 2 unspecified atom stereocenters. The molecule has 8 heterocycles. The Labute approximate surface area is 298 Å². The minimum atomic E-state index is -1.11. The van der Waals surface area contributed by atoms with Crippen molar-refractivity contribution < 1.29 is 23.5 Å². The minimum Gasteiger partial charge on any atom is -0.461 e. The van der Waals surface area contributed by atoms with Gasteiger partial charge in [-0.2, -0.15) is 15.1 Å². The molecule has 5 aliphatic heterocycles. The van der Waals surface area contributed by atoms with E-state index in [2.05, 4.69) is 21.6 Å². The second-order valence-corrected chi connectivity index (χ2v) is 15.1. The van der Waals surface area contributed by atoms with Crippen LogP contribution in [0, 0.1) is 5.82 Å². The molecule has 0 bridgehead atoms. The second-order valence-electron chi connectivity index (χ2n) is 15.1. The average Bonchev–Trinajstić information content (AvgIpc) is 3.93. The Bertz CT molecular complexity index is 2260. The maximum absolute atomic E-state index is 17.5. The fourth-order valence-corrected chi connectivity index (χ4v) is 9.47. The smallest absolute Gasteiger partial charge is 0.322 e. The number of amides is 3. The van der Waals surface area contributed by atoms with E-state index in [1.807, 2.05) is 33.8 Å². The fraction of sp³-hybridized carbons (Fsp3) is 0.474. The number of imide groups is 1. The molecule has 0 radical (unpaired) electrons. The molecule has 0 aliphatic carbocycles. The normalized spacial score (nSPS) is 24.6. The van der Waals surface area contributed by atoms with Gasteiger partial charge >= 0.3 is 12.0 Å². The number of nitrogens with zero attached hydrogens (tertiary/aromatic N) is 7. The average molecular weight is 706 g/mol. The number of fused-ring (bicyclic) bond motifs is 4. The summed E-state index contributed by atoms with van der Waals surface area (Å²) in [6, 6.07) is 9.55. The van der Waals surface area contributed by atoms with Gasteiger partial charge in [-0.25, -0.2) is 13.9 Å². The Morgan fingerprint density at radius 1 is 0.962 bits per heavy atom. The summed E-state index contributed by atoms with van der Waals surface area (Å²) in [5.41, 5.74) is 0.540. The van der Waals surface area contributed by atoms with Gasteiger partial charge in [0.25, 0.3) is 5.91 Å². The van der Waals surface area contributed by atoms with Crippen LogP contribution in [-0.4, -0.2) is 92.0 Å². The molecule has 0 saturated carbocycles. The van der Waals surface area contributed by atoms with Gasteiger partial charge in [-0.3, -0.25) is 20.0 Å². The third-order valence-electron chi connectivity index (χ3n) is 12.0. The molecule has 52 heavy (non-hydrogen) atoms. The van der Waals surface area contributed by atoms with E-state index in [0.29, 0.717) is 49.4 Å². The van der Waals surface area contributed by atoms with Crippen LogP contribution in [0.2, 0.25) is 0 Å². The van der Waals surface area contributed by atoms with Crippen LogP contribution >= 0.6 is 0 Å². The molecule has 3 amide bonds. The molecule has 10 rings (SSSR count). The molecular formula is C38H40FN9O4. The Morgan fingerprint density at radius 2 is 1.81 bits per heavy atom. The minimum absolute atomic E-state index is 0.0708. The number of halogens is 1. The number of nitrogens with one attached hydrogen (secondary N) is 2. The number of hydrogen-bond acceptors (Lipinski definition) is 10. The molecule has 13 nitrogen and oxygen atoms in total. The van der Waals surface area contributed by atoms with E-state index in [-0.39, 0.29) is 41.4 Å². The van der Waals surface area contributed by atoms with Gasteiger partial charge in [0.1, 0.15) is 29.2 Å². The lowest BCUT2D eigenvalue weighted by Crippen LogP contribution is -2.58. The number of rotatable bonds is 6. The largest absolute Gasteiger partial charge is 0.461 e. The van der Waals surface area contributed by atoms with Gasteiger partial charge in [0, 0.05) is 30.3 Å². The lowest BCUT2D eigenvalue weighted by Gasteiger charge is -2.39. The molecule has 2 N–H and O–H groups in total. The maximum Gasteiger partial charge on any atom is 0.322 e. The van der Waals surface area contributed by atoms with Crippen LogP contribution in [0.25, 0.3) is 43.8 Å². The van der Waals surface area contributed by atoms with Crippen LogP contribution < -0.4 is 20.3 Å². The number of aromatic nitrogens is 5. The summed E-state index contributed by atoms with van der Waals surface area (Å²) < 4.78 is 31.9. The molecule has 5 saturated heterocycles. The van der Waals surface area contributed by atoms with E-state index in [4.69, 9.17) is 29.5 Å². The molecular weight excluding hydrogens is 665 g/mol. The monoisotopic (exact) mass is 705 g/mol. The SMILES string of the molecule is O=C1NC(=O)C2(CCCN(c3nc(OCC45CCCN4CCC5)nc4c(F)c(-c5c6ccccc6cc6c5cnn6C5CCCCO5)ncc34)C2)N1. The van der Waals surface area contributed by atoms with Crippen molar-refractivity contribution in [1.29, 1.82) is 0 Å². The van der Waals surface area contributed by atoms with Gasteiger partial charge in [0.05, 0.1) is 29.2 Å². The van der Waals surface area contributed by atoms with Crippen molar-refractivity contribution in [2.45, 2.75) is 75.1 Å². The molecule has 2 atom stereocenters. The summed E-state index contributed by atoms with van der Waals surface area (Å²) in [7, 11) is 0. The summed E-state index contributed by atoms with van der Waals surface area (Å²) >= 11 is 0. The van der Waals surface area contributed by atoms with Gasteiger partial charge in [-0.05, 0) is 87.7 Å². The van der Waals surface area contributed by atoms with Crippen molar-refractivity contribution >= 4 is 50.3 Å². The summed E-state index contributed by atoms with van der Waals surface area (Å²) in [6.07, 6.45) is 11.5. The number of pyridine rings is 1. The van der Waals surface area contributed by atoms with Crippen LogP contribution in [0.1, 0.15) is 64.0 Å². The van der Waals surface area contributed by atoms with Crippen LogP contribution in [0.5, 0.6) is 6.01 Å². The molecule has 5 fully saturated rings. The summed E-state index contributed by atoms with van der Waals surface area (Å²) in [4.78, 5) is 44.1. The van der Waals surface area contributed by atoms with Crippen molar-refractivity contribution in [2.24, 2.45) is 0 Å². The highest BCUT2D eigenvalue weighted by Gasteiger charge is 2.49. The first-order valence-corrected chi connectivity index (χ1v) is 18.6. The zero-order valence-electron chi connectivity index (χ0n) is 28.9. The fourth-order valence-electron chi connectivity index (χ4n) is 9.47. The third-order valence-corrected chi connectivity index (χ3v) is 12.0. The number of urea groups is 1. The van der Waals surface area contributed by atoms with Gasteiger partial charge in [0.15, 0.2) is 12.0 Å². The summed E-state index contributed by atoms with van der Waals surface area (Å²) in [6.45, 7) is 3.89. The topological polar surface area (TPSA) is 140 Å².